The fourth-order valence-electron chi connectivity index (χ4n) is 4.93. The Hall–Kier alpha value is -4.10. The molecule has 0 saturated carbocycles. The molecule has 1 N–H and O–H groups in total. The van der Waals surface area contributed by atoms with Crippen molar-refractivity contribution < 1.29 is 14.7 Å². The summed E-state index contributed by atoms with van der Waals surface area (Å²) in [7, 11) is 0. The molecule has 0 atom stereocenters. The number of nitrogens with zero attached hydrogens (tertiary/aromatic N) is 4. The van der Waals surface area contributed by atoms with E-state index in [0.717, 1.165) is 42.1 Å². The molecule has 194 valence electrons. The number of amides is 1. The number of piperazine rings is 1. The normalized spacial score (nSPS) is 14.1. The fourth-order valence-corrected chi connectivity index (χ4v) is 4.93. The van der Waals surface area contributed by atoms with Gasteiger partial charge in [0.15, 0.2) is 0 Å². The van der Waals surface area contributed by atoms with Gasteiger partial charge in [0.25, 0.3) is 5.91 Å². The summed E-state index contributed by atoms with van der Waals surface area (Å²) < 4.78 is 0. The third-order valence-electron chi connectivity index (χ3n) is 6.99. The molecule has 0 unspecified atom stereocenters. The quantitative estimate of drug-likeness (QED) is 0.318. The van der Waals surface area contributed by atoms with Gasteiger partial charge in [-0.2, -0.15) is 0 Å². The van der Waals surface area contributed by atoms with Gasteiger partial charge in [0.05, 0.1) is 22.4 Å². The van der Waals surface area contributed by atoms with Crippen LogP contribution in [-0.4, -0.2) is 62.9 Å². The Kier molecular flexibility index (Phi) is 8.04. The van der Waals surface area contributed by atoms with E-state index in [-0.39, 0.29) is 12.3 Å². The molecule has 2 heterocycles. The number of rotatable bonds is 9. The fraction of sp³-hybridized carbons (Fsp3) is 0.290. The molecular formula is C31H32N4O3. The highest BCUT2D eigenvalue weighted by Gasteiger charge is 2.23. The zero-order valence-electron chi connectivity index (χ0n) is 21.4. The lowest BCUT2D eigenvalue weighted by molar-refractivity contribution is -0.137. The minimum atomic E-state index is -0.790. The average molecular weight is 509 g/mol. The summed E-state index contributed by atoms with van der Waals surface area (Å²) in [6.45, 7) is 3.96. The predicted molar refractivity (Wildman–Crippen MR) is 148 cm³/mol. The minimum absolute atomic E-state index is 0.0169. The Morgan fingerprint density at radius 1 is 0.789 bits per heavy atom. The number of benzene rings is 3. The summed E-state index contributed by atoms with van der Waals surface area (Å²) in [6.07, 6.45) is 2.05. The number of fused-ring (bicyclic) bond motifs is 1. The number of carbonyl (C=O) groups is 2. The average Bonchev–Trinajstić information content (AvgIpc) is 2.95. The maximum atomic E-state index is 13.4. The highest BCUT2D eigenvalue weighted by atomic mass is 16.4. The van der Waals surface area contributed by atoms with Gasteiger partial charge < -0.3 is 10.0 Å². The molecule has 7 heteroatoms. The van der Waals surface area contributed by atoms with Crippen LogP contribution in [0.25, 0.3) is 22.3 Å². The Balaban J connectivity index is 1.32. The SMILES string of the molecule is O=C(O)CCCCc1nc2cc(C(=O)N3CCN(Cc4ccccc4)CC3)ccc2nc1-c1ccccc1. The van der Waals surface area contributed by atoms with Gasteiger partial charge >= 0.3 is 5.97 Å². The molecule has 0 radical (unpaired) electrons. The molecule has 0 bridgehead atoms. The first-order chi connectivity index (χ1) is 18.6. The minimum Gasteiger partial charge on any atom is -0.481 e. The van der Waals surface area contributed by atoms with E-state index < -0.39 is 5.97 Å². The van der Waals surface area contributed by atoms with Crippen LogP contribution >= 0.6 is 0 Å². The lowest BCUT2D eigenvalue weighted by atomic mass is 10.0. The molecule has 1 fully saturated rings. The Morgan fingerprint density at radius 3 is 2.21 bits per heavy atom. The zero-order valence-corrected chi connectivity index (χ0v) is 21.4. The molecule has 0 aliphatic carbocycles. The van der Waals surface area contributed by atoms with Crippen LogP contribution in [0.1, 0.15) is 40.9 Å². The van der Waals surface area contributed by atoms with Crippen molar-refractivity contribution in [3.05, 3.63) is 95.7 Å². The van der Waals surface area contributed by atoms with Crippen molar-refractivity contribution in [2.24, 2.45) is 0 Å². The molecule has 3 aromatic carbocycles. The van der Waals surface area contributed by atoms with Gasteiger partial charge in [-0.3, -0.25) is 14.5 Å². The van der Waals surface area contributed by atoms with E-state index in [1.165, 1.54) is 5.56 Å². The summed E-state index contributed by atoms with van der Waals surface area (Å²) in [6, 6.07) is 25.9. The van der Waals surface area contributed by atoms with E-state index in [4.69, 9.17) is 15.1 Å². The molecule has 1 amide bonds. The van der Waals surface area contributed by atoms with Crippen LogP contribution in [0.4, 0.5) is 0 Å². The van der Waals surface area contributed by atoms with Crippen molar-refractivity contribution >= 4 is 22.9 Å². The van der Waals surface area contributed by atoms with Crippen LogP contribution in [0, 0.1) is 0 Å². The molecular weight excluding hydrogens is 476 g/mol. The molecule has 1 saturated heterocycles. The molecule has 38 heavy (non-hydrogen) atoms. The van der Waals surface area contributed by atoms with Gasteiger partial charge in [0.1, 0.15) is 0 Å². The van der Waals surface area contributed by atoms with Gasteiger partial charge in [-0.1, -0.05) is 60.7 Å². The predicted octanol–water partition coefficient (Wildman–Crippen LogP) is 5.05. The van der Waals surface area contributed by atoms with Gasteiger partial charge in [-0.05, 0) is 43.0 Å². The van der Waals surface area contributed by atoms with E-state index >= 15 is 0 Å². The zero-order chi connectivity index (χ0) is 26.3. The highest BCUT2D eigenvalue weighted by Crippen LogP contribution is 2.26. The van der Waals surface area contributed by atoms with Gasteiger partial charge in [-0.25, -0.2) is 9.97 Å². The number of unbranched alkanes of at least 4 members (excludes halogenated alkanes) is 1. The molecule has 0 spiro atoms. The second-order valence-electron chi connectivity index (χ2n) is 9.74. The van der Waals surface area contributed by atoms with Crippen molar-refractivity contribution in [2.45, 2.75) is 32.2 Å². The van der Waals surface area contributed by atoms with Crippen LogP contribution in [0.15, 0.2) is 78.9 Å². The third kappa shape index (κ3) is 6.23. The smallest absolute Gasteiger partial charge is 0.303 e. The van der Waals surface area contributed by atoms with E-state index in [1.807, 2.05) is 59.5 Å². The van der Waals surface area contributed by atoms with Crippen LogP contribution in [-0.2, 0) is 17.8 Å². The van der Waals surface area contributed by atoms with Crippen LogP contribution in [0.2, 0.25) is 0 Å². The molecule has 5 rings (SSSR count). The van der Waals surface area contributed by atoms with Gasteiger partial charge in [-0.15, -0.1) is 0 Å². The Labute approximate surface area is 222 Å². The lowest BCUT2D eigenvalue weighted by Crippen LogP contribution is -2.48. The Bertz CT molecular complexity index is 1400. The standard InChI is InChI=1S/C31H32N4O3/c36-29(37)14-8-7-13-27-30(24-11-5-2-6-12-24)33-26-16-15-25(21-28(26)32-27)31(38)35-19-17-34(18-20-35)22-23-9-3-1-4-10-23/h1-6,9-12,15-16,21H,7-8,13-14,17-20,22H2,(H,36,37). The second kappa shape index (κ2) is 12.0. The van der Waals surface area contributed by atoms with Crippen molar-refractivity contribution in [3.8, 4) is 11.3 Å². The second-order valence-corrected chi connectivity index (χ2v) is 9.74. The van der Waals surface area contributed by atoms with Crippen molar-refractivity contribution in [1.29, 1.82) is 0 Å². The van der Waals surface area contributed by atoms with Crippen LogP contribution in [0.3, 0.4) is 0 Å². The third-order valence-corrected chi connectivity index (χ3v) is 6.99. The van der Waals surface area contributed by atoms with Crippen LogP contribution < -0.4 is 0 Å². The van der Waals surface area contributed by atoms with E-state index in [9.17, 15) is 9.59 Å². The number of aromatic nitrogens is 2. The largest absolute Gasteiger partial charge is 0.481 e. The highest BCUT2D eigenvalue weighted by molar-refractivity contribution is 5.97. The van der Waals surface area contributed by atoms with Crippen LogP contribution in [0.5, 0.6) is 0 Å². The number of aryl methyl sites for hydroxylation is 1. The molecule has 7 nitrogen and oxygen atoms in total. The Morgan fingerprint density at radius 2 is 1.50 bits per heavy atom. The van der Waals surface area contributed by atoms with Gasteiger partial charge in [0, 0.05) is 50.3 Å². The van der Waals surface area contributed by atoms with Gasteiger partial charge in [0.2, 0.25) is 0 Å². The van der Waals surface area contributed by atoms with Crippen molar-refractivity contribution in [2.75, 3.05) is 26.2 Å². The number of carbonyl (C=O) groups excluding carboxylic acids is 1. The first-order valence-corrected chi connectivity index (χ1v) is 13.2. The molecule has 1 aliphatic heterocycles. The number of carboxylic acids is 1. The monoisotopic (exact) mass is 508 g/mol. The first-order valence-electron chi connectivity index (χ1n) is 13.2. The maximum absolute atomic E-state index is 13.4. The van der Waals surface area contributed by atoms with E-state index in [0.29, 0.717) is 43.4 Å². The number of aliphatic carboxylic acids is 1. The summed E-state index contributed by atoms with van der Waals surface area (Å²) >= 11 is 0. The van der Waals surface area contributed by atoms with Crippen molar-refractivity contribution in [1.82, 2.24) is 19.8 Å². The lowest BCUT2D eigenvalue weighted by Gasteiger charge is -2.34. The van der Waals surface area contributed by atoms with E-state index in [2.05, 4.69) is 29.2 Å². The number of hydrogen-bond acceptors (Lipinski definition) is 5. The first kappa shape index (κ1) is 25.5. The van der Waals surface area contributed by atoms with Crippen molar-refractivity contribution in [3.63, 3.8) is 0 Å². The maximum Gasteiger partial charge on any atom is 0.303 e. The number of carboxylic acid groups (broad SMARTS) is 1. The molecule has 1 aromatic heterocycles. The van der Waals surface area contributed by atoms with E-state index in [1.54, 1.807) is 0 Å². The summed E-state index contributed by atoms with van der Waals surface area (Å²) in [4.78, 5) is 38.4. The summed E-state index contributed by atoms with van der Waals surface area (Å²) in [5.41, 5.74) is 5.94. The summed E-state index contributed by atoms with van der Waals surface area (Å²) in [5, 5.41) is 8.99. The number of hydrogen-bond donors (Lipinski definition) is 1. The molecule has 4 aromatic rings. The summed E-state index contributed by atoms with van der Waals surface area (Å²) in [5.74, 6) is -0.773. The molecule has 1 aliphatic rings. The topological polar surface area (TPSA) is 86.6 Å².